The van der Waals surface area contributed by atoms with E-state index in [1.807, 2.05) is 12.4 Å². The van der Waals surface area contributed by atoms with Crippen LogP contribution < -0.4 is 4.90 Å². The number of imidazole rings is 1. The molecule has 1 saturated heterocycles. The van der Waals surface area contributed by atoms with Gasteiger partial charge in [0.25, 0.3) is 0 Å². The minimum atomic E-state index is 0.493. The van der Waals surface area contributed by atoms with Crippen molar-refractivity contribution >= 4 is 16.5 Å². The predicted molar refractivity (Wildman–Crippen MR) is 78.9 cm³/mol. The van der Waals surface area contributed by atoms with Gasteiger partial charge < -0.3 is 9.47 Å². The van der Waals surface area contributed by atoms with Crippen LogP contribution in [0.25, 0.3) is 0 Å². The van der Waals surface area contributed by atoms with E-state index in [0.29, 0.717) is 5.92 Å². The molecule has 19 heavy (non-hydrogen) atoms. The molecule has 0 bridgehead atoms. The zero-order valence-corrected chi connectivity index (χ0v) is 12.5. The number of hydrogen-bond donors (Lipinski definition) is 0. The Hall–Kier alpha value is -1.36. The lowest BCUT2D eigenvalue weighted by atomic mass is 10.0. The number of nitrogens with zero attached hydrogens (tertiary/aromatic N) is 4. The van der Waals surface area contributed by atoms with Gasteiger partial charge in [0.2, 0.25) is 0 Å². The Balaban J connectivity index is 1.58. The number of hydrogen-bond acceptors (Lipinski definition) is 4. The van der Waals surface area contributed by atoms with Crippen LogP contribution in [0.3, 0.4) is 0 Å². The fraction of sp³-hybridized carbons (Fsp3) is 0.571. The summed E-state index contributed by atoms with van der Waals surface area (Å²) in [4.78, 5) is 12.5. The van der Waals surface area contributed by atoms with Crippen LogP contribution in [0, 0.1) is 12.8 Å². The Kier molecular flexibility index (Phi) is 3.31. The maximum Gasteiger partial charge on any atom is 0.185 e. The minimum Gasteiger partial charge on any atom is -0.347 e. The third kappa shape index (κ3) is 2.52. The van der Waals surface area contributed by atoms with Crippen LogP contribution in [-0.2, 0) is 6.54 Å². The first-order valence-corrected chi connectivity index (χ1v) is 7.63. The van der Waals surface area contributed by atoms with Gasteiger partial charge >= 0.3 is 0 Å². The average Bonchev–Trinajstić information content (AvgIpc) is 2.91. The van der Waals surface area contributed by atoms with Gasteiger partial charge in [-0.05, 0) is 6.92 Å². The summed E-state index contributed by atoms with van der Waals surface area (Å²) in [5.74, 6) is 2.41. The Bertz CT molecular complexity index is 551. The fourth-order valence-electron chi connectivity index (χ4n) is 2.58. The molecule has 2 aromatic rings. The topological polar surface area (TPSA) is 34.0 Å². The predicted octanol–water partition coefficient (Wildman–Crippen LogP) is 2.91. The molecule has 1 aliphatic heterocycles. The molecule has 0 amide bonds. The zero-order valence-electron chi connectivity index (χ0n) is 11.7. The Morgan fingerprint density at radius 1 is 1.37 bits per heavy atom. The summed E-state index contributed by atoms with van der Waals surface area (Å²) in [6.45, 7) is 9.81. The van der Waals surface area contributed by atoms with Crippen LogP contribution in [0.15, 0.2) is 18.6 Å². The van der Waals surface area contributed by atoms with E-state index >= 15 is 0 Å². The molecule has 1 fully saturated rings. The molecule has 0 atom stereocenters. The second kappa shape index (κ2) is 4.96. The molecule has 0 radical (unpaired) electrons. The summed E-state index contributed by atoms with van der Waals surface area (Å²) in [6, 6.07) is 0. The molecule has 0 aromatic carbocycles. The van der Waals surface area contributed by atoms with Gasteiger partial charge in [0.15, 0.2) is 5.13 Å². The lowest BCUT2D eigenvalue weighted by Crippen LogP contribution is -2.48. The first-order valence-electron chi connectivity index (χ1n) is 6.82. The molecule has 3 rings (SSSR count). The number of aryl methyl sites for hydroxylation is 1. The van der Waals surface area contributed by atoms with E-state index in [9.17, 15) is 0 Å². The highest BCUT2D eigenvalue weighted by Crippen LogP contribution is 2.29. The summed E-state index contributed by atoms with van der Waals surface area (Å²) >= 11 is 1.79. The van der Waals surface area contributed by atoms with Gasteiger partial charge in [0, 0.05) is 54.9 Å². The maximum absolute atomic E-state index is 4.45. The van der Waals surface area contributed by atoms with E-state index in [0.717, 1.165) is 25.6 Å². The molecule has 3 heterocycles. The van der Waals surface area contributed by atoms with Crippen molar-refractivity contribution in [3.8, 4) is 0 Å². The van der Waals surface area contributed by atoms with E-state index in [-0.39, 0.29) is 0 Å². The van der Waals surface area contributed by atoms with Crippen LogP contribution >= 0.6 is 11.3 Å². The van der Waals surface area contributed by atoms with Crippen molar-refractivity contribution in [2.45, 2.75) is 33.2 Å². The number of aromatic nitrogens is 3. The Labute approximate surface area is 118 Å². The van der Waals surface area contributed by atoms with Crippen LogP contribution in [0.5, 0.6) is 0 Å². The van der Waals surface area contributed by atoms with E-state index < -0.39 is 0 Å². The molecule has 0 spiro atoms. The van der Waals surface area contributed by atoms with E-state index in [4.69, 9.17) is 0 Å². The van der Waals surface area contributed by atoms with Crippen LogP contribution in [0.1, 0.15) is 30.5 Å². The summed E-state index contributed by atoms with van der Waals surface area (Å²) < 4.78 is 2.31. The number of anilines is 1. The second-order valence-electron chi connectivity index (χ2n) is 5.62. The maximum atomic E-state index is 4.45. The first-order chi connectivity index (χ1) is 9.13. The van der Waals surface area contributed by atoms with Gasteiger partial charge in [-0.2, -0.15) is 0 Å². The third-order valence-electron chi connectivity index (χ3n) is 3.56. The highest BCUT2D eigenvalue weighted by Gasteiger charge is 2.29. The van der Waals surface area contributed by atoms with E-state index in [1.54, 1.807) is 11.3 Å². The van der Waals surface area contributed by atoms with Gasteiger partial charge in [-0.3, -0.25) is 0 Å². The summed E-state index contributed by atoms with van der Waals surface area (Å²) in [6.07, 6.45) is 5.97. The monoisotopic (exact) mass is 276 g/mol. The average molecular weight is 276 g/mol. The summed E-state index contributed by atoms with van der Waals surface area (Å²) in [5, 5.41) is 1.17. The highest BCUT2D eigenvalue weighted by molar-refractivity contribution is 7.15. The van der Waals surface area contributed by atoms with Crippen molar-refractivity contribution < 1.29 is 0 Å². The molecule has 2 aromatic heterocycles. The van der Waals surface area contributed by atoms with Crippen LogP contribution in [-0.4, -0.2) is 27.6 Å². The van der Waals surface area contributed by atoms with Crippen molar-refractivity contribution in [2.24, 2.45) is 5.92 Å². The quantitative estimate of drug-likeness (QED) is 0.861. The first kappa shape index (κ1) is 12.7. The van der Waals surface area contributed by atoms with Gasteiger partial charge in [-0.1, -0.05) is 13.8 Å². The van der Waals surface area contributed by atoms with Crippen molar-refractivity contribution in [1.29, 1.82) is 0 Å². The summed E-state index contributed by atoms with van der Waals surface area (Å²) in [5.41, 5.74) is 0. The van der Waals surface area contributed by atoms with Crippen molar-refractivity contribution in [3.63, 3.8) is 0 Å². The highest BCUT2D eigenvalue weighted by atomic mass is 32.1. The minimum absolute atomic E-state index is 0.493. The van der Waals surface area contributed by atoms with Crippen molar-refractivity contribution in [2.75, 3.05) is 18.0 Å². The SMILES string of the molecule is Cc1cnc(N2CC(Cn3ccnc3C(C)C)C2)s1. The largest absolute Gasteiger partial charge is 0.347 e. The van der Waals surface area contributed by atoms with E-state index in [2.05, 4.69) is 46.4 Å². The molecule has 0 aliphatic carbocycles. The molecule has 0 N–H and O–H groups in total. The van der Waals surface area contributed by atoms with Gasteiger partial charge in [0.1, 0.15) is 5.82 Å². The Morgan fingerprint density at radius 3 is 2.79 bits per heavy atom. The molecular weight excluding hydrogens is 256 g/mol. The molecule has 5 heteroatoms. The normalized spacial score (nSPS) is 16.1. The smallest absolute Gasteiger partial charge is 0.185 e. The summed E-state index contributed by atoms with van der Waals surface area (Å²) in [7, 11) is 0. The fourth-order valence-corrected chi connectivity index (χ4v) is 3.36. The second-order valence-corrected chi connectivity index (χ2v) is 6.83. The van der Waals surface area contributed by atoms with Crippen LogP contribution in [0.4, 0.5) is 5.13 Å². The molecule has 102 valence electrons. The number of thiazole rings is 1. The third-order valence-corrected chi connectivity index (χ3v) is 4.53. The zero-order chi connectivity index (χ0) is 13.4. The number of rotatable bonds is 4. The van der Waals surface area contributed by atoms with Crippen molar-refractivity contribution in [3.05, 3.63) is 29.3 Å². The molecular formula is C14H20N4S. The van der Waals surface area contributed by atoms with E-state index in [1.165, 1.54) is 15.8 Å². The van der Waals surface area contributed by atoms with Gasteiger partial charge in [0.05, 0.1) is 0 Å². The van der Waals surface area contributed by atoms with Gasteiger partial charge in [-0.15, -0.1) is 11.3 Å². The Morgan fingerprint density at radius 2 is 2.16 bits per heavy atom. The molecule has 0 unspecified atom stereocenters. The lowest BCUT2D eigenvalue weighted by molar-refractivity contribution is 0.350. The lowest BCUT2D eigenvalue weighted by Gasteiger charge is -2.39. The molecule has 1 aliphatic rings. The standard InChI is InChI=1S/C14H20N4S/c1-10(2)13-15-4-5-17(13)7-12-8-18(9-12)14-16-6-11(3)19-14/h4-6,10,12H,7-9H2,1-3H3. The molecule has 4 nitrogen and oxygen atoms in total. The van der Waals surface area contributed by atoms with Crippen molar-refractivity contribution in [1.82, 2.24) is 14.5 Å². The molecule has 0 saturated carbocycles. The van der Waals surface area contributed by atoms with Crippen LogP contribution in [0.2, 0.25) is 0 Å². The van der Waals surface area contributed by atoms with Gasteiger partial charge in [-0.25, -0.2) is 9.97 Å².